The molecule has 0 bridgehead atoms. The number of para-hydroxylation sites is 1. The lowest BCUT2D eigenvalue weighted by molar-refractivity contribution is 0.116. The van der Waals surface area contributed by atoms with E-state index in [1.165, 1.54) is 23.1 Å². The van der Waals surface area contributed by atoms with E-state index < -0.39 is 29.5 Å². The Hall–Kier alpha value is -2.52. The molecule has 0 saturated heterocycles. The Kier molecular flexibility index (Phi) is 5.83. The standard InChI is InChI=1S/C15H19F2N5O2/c1-21(2)8-11(23)9-22-7-10(6-18-22)19-15(24)20-14-12(16)4-3-5-13(14)17/h3-7,11,23H,8-9H2,1-2H3,(H2,19,20,24). The van der Waals surface area contributed by atoms with Gasteiger partial charge in [-0.05, 0) is 26.2 Å². The van der Waals surface area contributed by atoms with Gasteiger partial charge in [-0.1, -0.05) is 6.07 Å². The first-order valence-corrected chi connectivity index (χ1v) is 7.22. The first kappa shape index (κ1) is 17.8. The van der Waals surface area contributed by atoms with Crippen molar-refractivity contribution in [3.8, 4) is 0 Å². The Bertz CT molecular complexity index is 685. The van der Waals surface area contributed by atoms with Gasteiger partial charge in [0.25, 0.3) is 0 Å². The molecule has 0 aliphatic heterocycles. The van der Waals surface area contributed by atoms with Crippen LogP contribution in [-0.4, -0.2) is 52.6 Å². The molecule has 7 nitrogen and oxygen atoms in total. The van der Waals surface area contributed by atoms with Crippen molar-refractivity contribution >= 4 is 17.4 Å². The molecule has 130 valence electrons. The second kappa shape index (κ2) is 7.84. The maximum Gasteiger partial charge on any atom is 0.323 e. The summed E-state index contributed by atoms with van der Waals surface area (Å²) in [6.45, 7) is 0.721. The van der Waals surface area contributed by atoms with Gasteiger partial charge in [-0.2, -0.15) is 5.10 Å². The quantitative estimate of drug-likeness (QED) is 0.748. The molecule has 1 unspecified atom stereocenters. The molecule has 0 spiro atoms. The van der Waals surface area contributed by atoms with Crippen molar-refractivity contribution in [2.24, 2.45) is 0 Å². The lowest BCUT2D eigenvalue weighted by Gasteiger charge is -2.15. The summed E-state index contributed by atoms with van der Waals surface area (Å²) in [7, 11) is 3.68. The van der Waals surface area contributed by atoms with Crippen LogP contribution in [0, 0.1) is 11.6 Å². The number of anilines is 2. The number of rotatable bonds is 6. The Balaban J connectivity index is 1.93. The minimum Gasteiger partial charge on any atom is -0.390 e. The molecule has 1 atom stereocenters. The second-order valence-electron chi connectivity index (χ2n) is 5.54. The van der Waals surface area contributed by atoms with Crippen LogP contribution in [0.3, 0.4) is 0 Å². The van der Waals surface area contributed by atoms with Gasteiger partial charge in [0, 0.05) is 12.7 Å². The second-order valence-corrected chi connectivity index (χ2v) is 5.54. The highest BCUT2D eigenvalue weighted by atomic mass is 19.1. The van der Waals surface area contributed by atoms with Gasteiger partial charge >= 0.3 is 6.03 Å². The van der Waals surface area contributed by atoms with E-state index in [0.717, 1.165) is 12.1 Å². The molecule has 0 radical (unpaired) electrons. The highest BCUT2D eigenvalue weighted by Gasteiger charge is 2.13. The molecule has 3 N–H and O–H groups in total. The maximum atomic E-state index is 13.5. The highest BCUT2D eigenvalue weighted by Crippen LogP contribution is 2.18. The van der Waals surface area contributed by atoms with Crippen molar-refractivity contribution in [1.29, 1.82) is 0 Å². The van der Waals surface area contributed by atoms with E-state index in [0.29, 0.717) is 12.2 Å². The number of nitrogens with one attached hydrogen (secondary N) is 2. The number of halogens is 2. The average Bonchev–Trinajstić information content (AvgIpc) is 2.89. The molecule has 2 aromatic rings. The number of aliphatic hydroxyl groups is 1. The third kappa shape index (κ3) is 5.00. The first-order chi connectivity index (χ1) is 11.3. The van der Waals surface area contributed by atoms with E-state index in [1.807, 2.05) is 19.0 Å². The minimum atomic E-state index is -0.868. The van der Waals surface area contributed by atoms with Crippen molar-refractivity contribution in [1.82, 2.24) is 14.7 Å². The number of hydrogen-bond acceptors (Lipinski definition) is 4. The summed E-state index contributed by atoms with van der Waals surface area (Å²) < 4.78 is 28.4. The summed E-state index contributed by atoms with van der Waals surface area (Å²) in [5, 5.41) is 18.4. The van der Waals surface area contributed by atoms with Crippen LogP contribution in [0.25, 0.3) is 0 Å². The Morgan fingerprint density at radius 1 is 1.33 bits per heavy atom. The SMILES string of the molecule is CN(C)CC(O)Cn1cc(NC(=O)Nc2c(F)cccc2F)cn1. The number of nitrogens with zero attached hydrogens (tertiary/aromatic N) is 3. The van der Waals surface area contributed by atoms with Gasteiger partial charge in [-0.15, -0.1) is 0 Å². The van der Waals surface area contributed by atoms with Gasteiger partial charge in [0.15, 0.2) is 0 Å². The lowest BCUT2D eigenvalue weighted by atomic mass is 10.3. The third-order valence-electron chi connectivity index (χ3n) is 3.07. The summed E-state index contributed by atoms with van der Waals surface area (Å²) >= 11 is 0. The fourth-order valence-corrected chi connectivity index (χ4v) is 2.12. The third-order valence-corrected chi connectivity index (χ3v) is 3.07. The number of benzene rings is 1. The molecule has 0 fully saturated rings. The molecule has 0 aliphatic carbocycles. The Labute approximate surface area is 137 Å². The van der Waals surface area contributed by atoms with Gasteiger partial charge in [-0.25, -0.2) is 13.6 Å². The number of carbonyl (C=O) groups excluding carboxylic acids is 1. The monoisotopic (exact) mass is 339 g/mol. The summed E-state index contributed by atoms with van der Waals surface area (Å²) in [6, 6.07) is 2.50. The summed E-state index contributed by atoms with van der Waals surface area (Å²) in [5.41, 5.74) is -0.190. The molecular weight excluding hydrogens is 320 g/mol. The van der Waals surface area contributed by atoms with E-state index in [4.69, 9.17) is 0 Å². The van der Waals surface area contributed by atoms with Gasteiger partial charge in [0.2, 0.25) is 0 Å². The van der Waals surface area contributed by atoms with E-state index in [1.54, 1.807) is 0 Å². The van der Waals surface area contributed by atoms with Crippen LogP contribution < -0.4 is 10.6 Å². The molecule has 1 aromatic carbocycles. The molecule has 24 heavy (non-hydrogen) atoms. The van der Waals surface area contributed by atoms with Crippen molar-refractivity contribution < 1.29 is 18.7 Å². The van der Waals surface area contributed by atoms with Gasteiger partial charge in [0.05, 0.1) is 24.5 Å². The average molecular weight is 339 g/mol. The molecule has 1 heterocycles. The van der Waals surface area contributed by atoms with Gasteiger partial charge in [-0.3, -0.25) is 4.68 Å². The number of aromatic nitrogens is 2. The van der Waals surface area contributed by atoms with Crippen LogP contribution in [0.2, 0.25) is 0 Å². The van der Waals surface area contributed by atoms with Crippen molar-refractivity contribution in [2.45, 2.75) is 12.6 Å². The zero-order chi connectivity index (χ0) is 17.7. The molecular formula is C15H19F2N5O2. The fraction of sp³-hybridized carbons (Fsp3) is 0.333. The predicted molar refractivity (Wildman–Crippen MR) is 85.8 cm³/mol. The maximum absolute atomic E-state index is 13.5. The number of aliphatic hydroxyl groups excluding tert-OH is 1. The van der Waals surface area contributed by atoms with Crippen LogP contribution in [0.15, 0.2) is 30.6 Å². The molecule has 9 heteroatoms. The van der Waals surface area contributed by atoms with Crippen molar-refractivity contribution in [3.05, 3.63) is 42.2 Å². The summed E-state index contributed by atoms with van der Waals surface area (Å²) in [4.78, 5) is 13.7. The van der Waals surface area contributed by atoms with E-state index in [-0.39, 0.29) is 6.54 Å². The molecule has 1 aromatic heterocycles. The number of carbonyl (C=O) groups is 1. The van der Waals surface area contributed by atoms with E-state index in [9.17, 15) is 18.7 Å². The van der Waals surface area contributed by atoms with Crippen LogP contribution in [0.5, 0.6) is 0 Å². The zero-order valence-electron chi connectivity index (χ0n) is 13.3. The number of urea groups is 1. The van der Waals surface area contributed by atoms with Gasteiger partial charge in [0.1, 0.15) is 17.3 Å². The highest BCUT2D eigenvalue weighted by molar-refractivity contribution is 5.99. The van der Waals surface area contributed by atoms with Crippen LogP contribution >= 0.6 is 0 Å². The molecule has 0 saturated carbocycles. The van der Waals surface area contributed by atoms with Gasteiger partial charge < -0.3 is 20.6 Å². The van der Waals surface area contributed by atoms with Crippen LogP contribution in [-0.2, 0) is 6.54 Å². The lowest BCUT2D eigenvalue weighted by Crippen LogP contribution is -2.29. The summed E-state index contributed by atoms with van der Waals surface area (Å²) in [6.07, 6.45) is 2.27. The number of likely N-dealkylation sites (N-methyl/N-ethyl adjacent to an activating group) is 1. The normalized spacial score (nSPS) is 12.2. The Morgan fingerprint density at radius 2 is 2.00 bits per heavy atom. The first-order valence-electron chi connectivity index (χ1n) is 7.22. The zero-order valence-corrected chi connectivity index (χ0v) is 13.3. The van der Waals surface area contributed by atoms with Crippen LogP contribution in [0.1, 0.15) is 0 Å². The predicted octanol–water partition coefficient (Wildman–Crippen LogP) is 1.73. The molecule has 2 amide bonds. The van der Waals surface area contributed by atoms with Crippen molar-refractivity contribution in [3.63, 3.8) is 0 Å². The minimum absolute atomic E-state index is 0.253. The number of hydrogen-bond donors (Lipinski definition) is 3. The Morgan fingerprint density at radius 3 is 2.62 bits per heavy atom. The van der Waals surface area contributed by atoms with E-state index in [2.05, 4.69) is 15.7 Å². The van der Waals surface area contributed by atoms with E-state index >= 15 is 0 Å². The van der Waals surface area contributed by atoms with Crippen LogP contribution in [0.4, 0.5) is 25.0 Å². The molecule has 0 aliphatic rings. The summed E-state index contributed by atoms with van der Waals surface area (Å²) in [5.74, 6) is -1.74. The smallest absolute Gasteiger partial charge is 0.323 e. The van der Waals surface area contributed by atoms with Crippen molar-refractivity contribution in [2.75, 3.05) is 31.3 Å². The fourth-order valence-electron chi connectivity index (χ4n) is 2.12. The topological polar surface area (TPSA) is 82.4 Å². The number of amides is 2. The molecule has 2 rings (SSSR count). The largest absolute Gasteiger partial charge is 0.390 e.